The third-order valence-corrected chi connectivity index (χ3v) is 4.75. The minimum Gasteiger partial charge on any atom is -0.316 e. The molecule has 4 rings (SSSR count). The topological polar surface area (TPSA) is 55.6 Å². The van der Waals surface area contributed by atoms with E-state index in [9.17, 15) is 0 Å². The van der Waals surface area contributed by atoms with E-state index in [-0.39, 0.29) is 6.04 Å². The summed E-state index contributed by atoms with van der Waals surface area (Å²) in [5.41, 5.74) is 3.70. The van der Waals surface area contributed by atoms with Gasteiger partial charge in [-0.15, -0.1) is 10.2 Å². The fourth-order valence-corrected chi connectivity index (χ4v) is 3.55. The van der Waals surface area contributed by atoms with Crippen LogP contribution in [0.5, 0.6) is 0 Å². The number of nitrogens with one attached hydrogen (secondary N) is 1. The molecule has 1 saturated heterocycles. The van der Waals surface area contributed by atoms with E-state index in [1.165, 1.54) is 35.9 Å². The highest BCUT2D eigenvalue weighted by atomic mass is 15.6. The molecule has 1 aliphatic rings. The molecule has 0 bridgehead atoms. The van der Waals surface area contributed by atoms with E-state index in [0.29, 0.717) is 5.92 Å². The molecule has 2 atom stereocenters. The van der Waals surface area contributed by atoms with Gasteiger partial charge in [0.2, 0.25) is 0 Å². The average molecular weight is 319 g/mol. The van der Waals surface area contributed by atoms with Crippen molar-refractivity contribution in [3.63, 3.8) is 0 Å². The van der Waals surface area contributed by atoms with Crippen molar-refractivity contribution in [2.24, 2.45) is 5.92 Å². The lowest BCUT2D eigenvalue weighted by Crippen LogP contribution is -2.36. The van der Waals surface area contributed by atoms with Crippen molar-refractivity contribution in [3.8, 4) is 11.1 Å². The van der Waals surface area contributed by atoms with E-state index in [1.54, 1.807) is 4.80 Å². The first-order valence-corrected chi connectivity index (χ1v) is 8.50. The number of aromatic nitrogens is 4. The van der Waals surface area contributed by atoms with Crippen molar-refractivity contribution >= 4 is 0 Å². The molecule has 0 aliphatic carbocycles. The van der Waals surface area contributed by atoms with Gasteiger partial charge in [0.1, 0.15) is 6.04 Å². The molecule has 5 heteroatoms. The highest BCUT2D eigenvalue weighted by molar-refractivity contribution is 5.63. The molecule has 0 spiro atoms. The Morgan fingerprint density at radius 2 is 1.79 bits per heavy atom. The summed E-state index contributed by atoms with van der Waals surface area (Å²) in [6.45, 7) is 2.09. The van der Waals surface area contributed by atoms with E-state index in [4.69, 9.17) is 0 Å². The van der Waals surface area contributed by atoms with Gasteiger partial charge in [0, 0.05) is 6.54 Å². The van der Waals surface area contributed by atoms with Crippen LogP contribution in [-0.4, -0.2) is 33.3 Å². The van der Waals surface area contributed by atoms with Crippen LogP contribution in [0.2, 0.25) is 0 Å². The Morgan fingerprint density at radius 3 is 2.46 bits per heavy atom. The van der Waals surface area contributed by atoms with Crippen molar-refractivity contribution in [2.75, 3.05) is 13.1 Å². The Bertz CT molecular complexity index is 746. The van der Waals surface area contributed by atoms with Gasteiger partial charge < -0.3 is 5.32 Å². The van der Waals surface area contributed by atoms with Gasteiger partial charge in [0.15, 0.2) is 6.33 Å². The molecule has 0 unspecified atom stereocenters. The molecule has 0 amide bonds. The van der Waals surface area contributed by atoms with Gasteiger partial charge in [-0.3, -0.25) is 0 Å². The minimum atomic E-state index is 0.130. The molecular formula is C19H21N5. The summed E-state index contributed by atoms with van der Waals surface area (Å²) in [6.07, 6.45) is 3.89. The SMILES string of the molecule is c1ccc(-c2ccc([C@H]([C@H]3CCCNC3)n3ncnn3)cc2)cc1. The molecule has 1 aliphatic heterocycles. The van der Waals surface area contributed by atoms with Crippen LogP contribution >= 0.6 is 0 Å². The van der Waals surface area contributed by atoms with Crippen LogP contribution in [-0.2, 0) is 0 Å². The number of hydrogen-bond donors (Lipinski definition) is 1. The first-order chi connectivity index (χ1) is 11.9. The summed E-state index contributed by atoms with van der Waals surface area (Å²) in [5, 5.41) is 15.9. The molecule has 2 heterocycles. The summed E-state index contributed by atoms with van der Waals surface area (Å²) in [5.74, 6) is 0.482. The standard InChI is InChI=1S/C19H21N5/c1-2-5-15(6-3-1)16-8-10-17(11-9-16)19(24-22-14-21-23-24)18-7-4-12-20-13-18/h1-3,5-6,8-11,14,18-20H,4,7,12-13H2/t18-,19+/m0/s1. The minimum absolute atomic E-state index is 0.130. The van der Waals surface area contributed by atoms with Crippen LogP contribution in [0.3, 0.4) is 0 Å². The molecule has 1 N–H and O–H groups in total. The second kappa shape index (κ2) is 6.93. The monoisotopic (exact) mass is 319 g/mol. The van der Waals surface area contributed by atoms with Crippen LogP contribution < -0.4 is 5.32 Å². The van der Waals surface area contributed by atoms with Gasteiger partial charge in [0.25, 0.3) is 0 Å². The maximum atomic E-state index is 4.32. The molecule has 122 valence electrons. The van der Waals surface area contributed by atoms with Gasteiger partial charge >= 0.3 is 0 Å². The normalized spacial score (nSPS) is 19.1. The Balaban J connectivity index is 1.65. The second-order valence-corrected chi connectivity index (χ2v) is 6.30. The zero-order valence-corrected chi connectivity index (χ0v) is 13.5. The summed E-state index contributed by atoms with van der Waals surface area (Å²) < 4.78 is 0. The van der Waals surface area contributed by atoms with Crippen molar-refractivity contribution in [2.45, 2.75) is 18.9 Å². The van der Waals surface area contributed by atoms with Crippen molar-refractivity contribution < 1.29 is 0 Å². The van der Waals surface area contributed by atoms with Gasteiger partial charge in [-0.2, -0.15) is 4.80 Å². The van der Waals surface area contributed by atoms with Gasteiger partial charge in [-0.25, -0.2) is 0 Å². The van der Waals surface area contributed by atoms with Gasteiger partial charge in [0.05, 0.1) is 0 Å². The predicted octanol–water partition coefficient (Wildman–Crippen LogP) is 2.93. The first-order valence-electron chi connectivity index (χ1n) is 8.50. The molecule has 24 heavy (non-hydrogen) atoms. The molecule has 1 fully saturated rings. The highest BCUT2D eigenvalue weighted by Crippen LogP contribution is 2.31. The van der Waals surface area contributed by atoms with E-state index >= 15 is 0 Å². The van der Waals surface area contributed by atoms with Crippen LogP contribution in [0.1, 0.15) is 24.4 Å². The number of tetrazole rings is 1. The number of benzene rings is 2. The maximum Gasteiger partial charge on any atom is 0.162 e. The average Bonchev–Trinajstić information content (AvgIpc) is 3.18. The zero-order valence-electron chi connectivity index (χ0n) is 13.5. The molecule has 1 aromatic heterocycles. The number of nitrogens with zero attached hydrogens (tertiary/aromatic N) is 4. The van der Waals surface area contributed by atoms with Gasteiger partial charge in [-0.05, 0) is 47.2 Å². The van der Waals surface area contributed by atoms with E-state index in [0.717, 1.165) is 13.1 Å². The molecule has 3 aromatic rings. The first kappa shape index (κ1) is 15.0. The van der Waals surface area contributed by atoms with E-state index in [2.05, 4.69) is 69.3 Å². The van der Waals surface area contributed by atoms with Crippen molar-refractivity contribution in [1.29, 1.82) is 0 Å². The van der Waals surface area contributed by atoms with Crippen LogP contribution in [0.25, 0.3) is 11.1 Å². The van der Waals surface area contributed by atoms with Crippen LogP contribution in [0.4, 0.5) is 0 Å². The Kier molecular flexibility index (Phi) is 4.34. The third-order valence-electron chi connectivity index (χ3n) is 4.75. The fourth-order valence-electron chi connectivity index (χ4n) is 3.55. The smallest absolute Gasteiger partial charge is 0.162 e. The highest BCUT2D eigenvalue weighted by Gasteiger charge is 2.28. The van der Waals surface area contributed by atoms with Crippen molar-refractivity contribution in [1.82, 2.24) is 25.5 Å². The third kappa shape index (κ3) is 3.08. The summed E-state index contributed by atoms with van der Waals surface area (Å²) in [7, 11) is 0. The predicted molar refractivity (Wildman–Crippen MR) is 93.4 cm³/mol. The lowest BCUT2D eigenvalue weighted by Gasteiger charge is -2.30. The summed E-state index contributed by atoms with van der Waals surface area (Å²) in [4.78, 5) is 1.76. The molecule has 2 aromatic carbocycles. The number of hydrogen-bond acceptors (Lipinski definition) is 4. The van der Waals surface area contributed by atoms with Crippen LogP contribution in [0, 0.1) is 5.92 Å². The Morgan fingerprint density at radius 1 is 1.00 bits per heavy atom. The molecule has 0 saturated carbocycles. The quantitative estimate of drug-likeness (QED) is 0.803. The zero-order chi connectivity index (χ0) is 16.2. The fraction of sp³-hybridized carbons (Fsp3) is 0.316. The largest absolute Gasteiger partial charge is 0.316 e. The Hall–Kier alpha value is -2.53. The summed E-state index contributed by atoms with van der Waals surface area (Å²) in [6, 6.07) is 19.3. The second-order valence-electron chi connectivity index (χ2n) is 6.30. The maximum absolute atomic E-state index is 4.32. The van der Waals surface area contributed by atoms with Crippen molar-refractivity contribution in [3.05, 3.63) is 66.5 Å². The summed E-state index contributed by atoms with van der Waals surface area (Å²) >= 11 is 0. The molecule has 5 nitrogen and oxygen atoms in total. The van der Waals surface area contributed by atoms with Gasteiger partial charge in [-0.1, -0.05) is 54.6 Å². The lowest BCUT2D eigenvalue weighted by atomic mass is 9.87. The molecule has 0 radical (unpaired) electrons. The number of piperidine rings is 1. The molecular weight excluding hydrogens is 298 g/mol. The lowest BCUT2D eigenvalue weighted by molar-refractivity contribution is 0.261. The number of rotatable bonds is 4. The Labute approximate surface area is 141 Å². The van der Waals surface area contributed by atoms with E-state index < -0.39 is 0 Å². The van der Waals surface area contributed by atoms with E-state index in [1.807, 2.05) is 6.07 Å². The van der Waals surface area contributed by atoms with Crippen LogP contribution in [0.15, 0.2) is 60.9 Å².